The van der Waals surface area contributed by atoms with Crippen molar-refractivity contribution in [2.24, 2.45) is 5.73 Å². The van der Waals surface area contributed by atoms with Gasteiger partial charge in [0.25, 0.3) is 0 Å². The predicted octanol–water partition coefficient (Wildman–Crippen LogP) is 1.73. The topological polar surface area (TPSA) is 89.9 Å². The van der Waals surface area contributed by atoms with Crippen LogP contribution in [0.25, 0.3) is 10.9 Å². The summed E-state index contributed by atoms with van der Waals surface area (Å²) in [4.78, 5) is 4.40. The Kier molecular flexibility index (Phi) is 3.56. The highest BCUT2D eigenvalue weighted by atomic mass is 16.4. The second-order valence-corrected chi connectivity index (χ2v) is 4.39. The van der Waals surface area contributed by atoms with E-state index >= 15 is 0 Å². The zero-order valence-corrected chi connectivity index (χ0v) is 10.9. The first-order valence-corrected chi connectivity index (χ1v) is 6.46. The van der Waals surface area contributed by atoms with Crippen LogP contribution >= 0.6 is 0 Å². The zero-order valence-electron chi connectivity index (χ0n) is 10.9. The third-order valence-corrected chi connectivity index (χ3v) is 2.97. The molecule has 0 bridgehead atoms. The van der Waals surface area contributed by atoms with Crippen LogP contribution in [0.2, 0.25) is 0 Å². The van der Waals surface area contributed by atoms with Gasteiger partial charge in [-0.25, -0.2) is 0 Å². The van der Waals surface area contributed by atoms with Gasteiger partial charge in [-0.15, -0.1) is 5.10 Å². The Morgan fingerprint density at radius 2 is 2.05 bits per heavy atom. The summed E-state index contributed by atoms with van der Waals surface area (Å²) in [5, 5.41) is 12.1. The van der Waals surface area contributed by atoms with Crippen LogP contribution in [-0.4, -0.2) is 21.7 Å². The highest BCUT2D eigenvalue weighted by molar-refractivity contribution is 5.81. The average molecular weight is 269 g/mol. The van der Waals surface area contributed by atoms with Gasteiger partial charge < -0.3 is 15.5 Å². The molecule has 0 fully saturated rings. The van der Waals surface area contributed by atoms with Crippen molar-refractivity contribution >= 4 is 16.9 Å². The summed E-state index contributed by atoms with van der Waals surface area (Å²) in [5.41, 5.74) is 7.50. The monoisotopic (exact) mass is 269 g/mol. The van der Waals surface area contributed by atoms with Crippen molar-refractivity contribution in [1.82, 2.24) is 15.2 Å². The molecular formula is C14H15N5O. The Morgan fingerprint density at radius 3 is 2.95 bits per heavy atom. The summed E-state index contributed by atoms with van der Waals surface area (Å²) in [6.45, 7) is 1.08. The van der Waals surface area contributed by atoms with Crippen molar-refractivity contribution in [2.75, 3.05) is 11.9 Å². The first-order valence-electron chi connectivity index (χ1n) is 6.46. The van der Waals surface area contributed by atoms with Crippen LogP contribution in [0, 0.1) is 0 Å². The van der Waals surface area contributed by atoms with Crippen LogP contribution in [0.3, 0.4) is 0 Å². The van der Waals surface area contributed by atoms with Crippen LogP contribution < -0.4 is 11.1 Å². The lowest BCUT2D eigenvalue weighted by molar-refractivity contribution is 0.506. The molecule has 2 heterocycles. The first-order chi connectivity index (χ1) is 9.86. The van der Waals surface area contributed by atoms with Crippen molar-refractivity contribution in [3.63, 3.8) is 0 Å². The van der Waals surface area contributed by atoms with Gasteiger partial charge in [0.2, 0.25) is 5.89 Å². The minimum atomic E-state index is 0.404. The van der Waals surface area contributed by atoms with Crippen LogP contribution in [0.5, 0.6) is 0 Å². The lowest BCUT2D eigenvalue weighted by atomic mass is 10.1. The standard InChI is InChI=1S/C14H15N5O/c15-7-6-12-18-19-14(20-12)17-9-11-4-1-3-10-5-2-8-16-13(10)11/h1-5,8H,6-7,9,15H2,(H,17,19). The molecule has 3 N–H and O–H groups in total. The second-order valence-electron chi connectivity index (χ2n) is 4.39. The molecule has 3 rings (SSSR count). The van der Waals surface area contributed by atoms with Gasteiger partial charge in [-0.1, -0.05) is 29.4 Å². The Labute approximate surface area is 116 Å². The second kappa shape index (κ2) is 5.66. The van der Waals surface area contributed by atoms with E-state index in [0.29, 0.717) is 31.4 Å². The van der Waals surface area contributed by atoms with E-state index in [9.17, 15) is 0 Å². The van der Waals surface area contributed by atoms with Crippen LogP contribution in [-0.2, 0) is 13.0 Å². The fraction of sp³-hybridized carbons (Fsp3) is 0.214. The van der Waals surface area contributed by atoms with E-state index in [2.05, 4.69) is 20.5 Å². The normalized spacial score (nSPS) is 10.8. The van der Waals surface area contributed by atoms with Gasteiger partial charge >= 0.3 is 6.01 Å². The number of anilines is 1. The third kappa shape index (κ3) is 2.60. The largest absolute Gasteiger partial charge is 0.408 e. The number of nitrogens with zero attached hydrogens (tertiary/aromatic N) is 3. The summed E-state index contributed by atoms with van der Waals surface area (Å²) < 4.78 is 5.42. The van der Waals surface area contributed by atoms with E-state index in [4.69, 9.17) is 10.2 Å². The Bertz CT molecular complexity index is 704. The molecule has 1 aromatic carbocycles. The molecule has 0 unspecified atom stereocenters. The number of hydrogen-bond donors (Lipinski definition) is 2. The van der Waals surface area contributed by atoms with Gasteiger partial charge in [-0.3, -0.25) is 4.98 Å². The maximum absolute atomic E-state index is 5.44. The van der Waals surface area contributed by atoms with E-state index in [1.807, 2.05) is 30.3 Å². The summed E-state index contributed by atoms with van der Waals surface area (Å²) in [6, 6.07) is 10.4. The third-order valence-electron chi connectivity index (χ3n) is 2.97. The van der Waals surface area contributed by atoms with Crippen molar-refractivity contribution in [2.45, 2.75) is 13.0 Å². The molecule has 20 heavy (non-hydrogen) atoms. The van der Waals surface area contributed by atoms with E-state index < -0.39 is 0 Å². The van der Waals surface area contributed by atoms with Crippen molar-refractivity contribution in [3.05, 3.63) is 48.0 Å². The lowest BCUT2D eigenvalue weighted by Crippen LogP contribution is -2.02. The van der Waals surface area contributed by atoms with E-state index in [1.54, 1.807) is 6.20 Å². The number of pyridine rings is 1. The van der Waals surface area contributed by atoms with Gasteiger partial charge in [0, 0.05) is 31.1 Å². The summed E-state index contributed by atoms with van der Waals surface area (Å²) in [6.07, 6.45) is 2.38. The average Bonchev–Trinajstić information content (AvgIpc) is 2.93. The minimum Gasteiger partial charge on any atom is -0.408 e. The molecule has 6 nitrogen and oxygen atoms in total. The molecule has 3 aromatic rings. The molecule has 102 valence electrons. The zero-order chi connectivity index (χ0) is 13.8. The quantitative estimate of drug-likeness (QED) is 0.733. The molecular weight excluding hydrogens is 254 g/mol. The number of benzene rings is 1. The molecule has 0 aliphatic rings. The maximum Gasteiger partial charge on any atom is 0.315 e. The van der Waals surface area contributed by atoms with Gasteiger partial charge in [-0.2, -0.15) is 0 Å². The molecule has 0 aliphatic carbocycles. The summed E-state index contributed by atoms with van der Waals surface area (Å²) in [7, 11) is 0. The fourth-order valence-electron chi connectivity index (χ4n) is 2.03. The molecule has 0 radical (unpaired) electrons. The smallest absolute Gasteiger partial charge is 0.315 e. The van der Waals surface area contributed by atoms with E-state index in [0.717, 1.165) is 16.5 Å². The molecule has 0 aliphatic heterocycles. The fourth-order valence-corrected chi connectivity index (χ4v) is 2.03. The first kappa shape index (κ1) is 12.6. The molecule has 0 saturated carbocycles. The summed E-state index contributed by atoms with van der Waals surface area (Å²) in [5.74, 6) is 0.547. The maximum atomic E-state index is 5.44. The van der Waals surface area contributed by atoms with Crippen LogP contribution in [0.15, 0.2) is 40.9 Å². The Hall–Kier alpha value is -2.47. The number of rotatable bonds is 5. The number of fused-ring (bicyclic) bond motifs is 1. The Balaban J connectivity index is 1.76. The minimum absolute atomic E-state index is 0.404. The summed E-state index contributed by atoms with van der Waals surface area (Å²) >= 11 is 0. The van der Waals surface area contributed by atoms with Crippen molar-refractivity contribution < 1.29 is 4.42 Å². The van der Waals surface area contributed by atoms with Crippen LogP contribution in [0.1, 0.15) is 11.5 Å². The van der Waals surface area contributed by atoms with E-state index in [1.165, 1.54) is 0 Å². The number of hydrogen-bond acceptors (Lipinski definition) is 6. The molecule has 0 spiro atoms. The number of nitrogens with one attached hydrogen (secondary N) is 1. The Morgan fingerprint density at radius 1 is 1.15 bits per heavy atom. The van der Waals surface area contributed by atoms with Gasteiger partial charge in [0.15, 0.2) is 0 Å². The van der Waals surface area contributed by atoms with Crippen LogP contribution in [0.4, 0.5) is 6.01 Å². The predicted molar refractivity (Wildman–Crippen MR) is 76.1 cm³/mol. The van der Waals surface area contributed by atoms with Gasteiger partial charge in [-0.05, 0) is 11.6 Å². The highest BCUT2D eigenvalue weighted by Gasteiger charge is 2.06. The number of nitrogens with two attached hydrogens (primary N) is 1. The molecule has 0 saturated heterocycles. The SMILES string of the molecule is NCCc1nnc(NCc2cccc3cccnc23)o1. The van der Waals surface area contributed by atoms with Gasteiger partial charge in [0.1, 0.15) is 0 Å². The van der Waals surface area contributed by atoms with E-state index in [-0.39, 0.29) is 0 Å². The lowest BCUT2D eigenvalue weighted by Gasteiger charge is -2.05. The molecule has 6 heteroatoms. The highest BCUT2D eigenvalue weighted by Crippen LogP contribution is 2.17. The van der Waals surface area contributed by atoms with Gasteiger partial charge in [0.05, 0.1) is 5.52 Å². The molecule has 0 amide bonds. The number of aromatic nitrogens is 3. The molecule has 0 atom stereocenters. The van der Waals surface area contributed by atoms with Crippen molar-refractivity contribution in [3.8, 4) is 0 Å². The molecule has 2 aromatic heterocycles. The number of para-hydroxylation sites is 1. The van der Waals surface area contributed by atoms with Crippen molar-refractivity contribution in [1.29, 1.82) is 0 Å².